The van der Waals surface area contributed by atoms with Crippen LogP contribution < -0.4 is 5.32 Å². The smallest absolute Gasteiger partial charge is 0.252 e. The summed E-state index contributed by atoms with van der Waals surface area (Å²) in [5, 5.41) is 9.10. The normalized spacial score (nSPS) is 12.2. The predicted molar refractivity (Wildman–Crippen MR) is 109 cm³/mol. The van der Waals surface area contributed by atoms with Gasteiger partial charge < -0.3 is 9.84 Å². The van der Waals surface area contributed by atoms with Crippen LogP contribution >= 0.6 is 0 Å². The Morgan fingerprint density at radius 1 is 0.929 bits per heavy atom. The van der Waals surface area contributed by atoms with Crippen molar-refractivity contribution in [1.29, 1.82) is 0 Å². The molecule has 1 N–H and O–H groups in total. The van der Waals surface area contributed by atoms with Gasteiger partial charge in [-0.1, -0.05) is 85.7 Å². The Hall–Kier alpha value is -3.47. The molecule has 5 heteroatoms. The molecule has 4 aromatic rings. The number of benzene rings is 3. The molecule has 5 nitrogen and oxygen atoms in total. The second-order valence-electron chi connectivity index (χ2n) is 7.04. The average Bonchev–Trinajstić information content (AvgIpc) is 3.21. The molecule has 28 heavy (non-hydrogen) atoms. The van der Waals surface area contributed by atoms with E-state index in [-0.39, 0.29) is 17.9 Å². The third-order valence-corrected chi connectivity index (χ3v) is 4.73. The van der Waals surface area contributed by atoms with Gasteiger partial charge in [0, 0.05) is 11.1 Å². The number of hydrogen-bond acceptors (Lipinski definition) is 4. The van der Waals surface area contributed by atoms with Crippen molar-refractivity contribution in [2.24, 2.45) is 5.92 Å². The molecule has 0 unspecified atom stereocenters. The molecule has 0 fully saturated rings. The summed E-state index contributed by atoms with van der Waals surface area (Å²) in [7, 11) is 0. The molecule has 0 bridgehead atoms. The van der Waals surface area contributed by atoms with E-state index in [1.807, 2.05) is 86.6 Å². The molecular formula is C23H21N3O2. The number of rotatable bonds is 5. The van der Waals surface area contributed by atoms with Crippen molar-refractivity contribution in [3.05, 3.63) is 84.3 Å². The fourth-order valence-corrected chi connectivity index (χ4v) is 3.22. The van der Waals surface area contributed by atoms with Crippen molar-refractivity contribution >= 4 is 16.7 Å². The summed E-state index contributed by atoms with van der Waals surface area (Å²) >= 11 is 0. The van der Waals surface area contributed by atoms with Crippen LogP contribution in [0.3, 0.4) is 0 Å². The Labute approximate surface area is 163 Å². The molecule has 0 aliphatic heterocycles. The van der Waals surface area contributed by atoms with Crippen molar-refractivity contribution in [2.45, 2.75) is 19.9 Å². The summed E-state index contributed by atoms with van der Waals surface area (Å²) < 4.78 is 5.49. The van der Waals surface area contributed by atoms with E-state index >= 15 is 0 Å². The Balaban J connectivity index is 1.62. The number of fused-ring (bicyclic) bond motifs is 1. The number of amides is 1. The quantitative estimate of drug-likeness (QED) is 0.535. The van der Waals surface area contributed by atoms with Crippen LogP contribution in [0.5, 0.6) is 0 Å². The first kappa shape index (κ1) is 17.9. The minimum absolute atomic E-state index is 0.0861. The number of carbonyl (C=O) groups excluding carboxylic acids is 1. The number of nitrogens with zero attached hydrogens (tertiary/aromatic N) is 2. The monoisotopic (exact) mass is 371 g/mol. The minimum Gasteiger partial charge on any atom is -0.340 e. The standard InChI is InChI=1S/C23H21N3O2/c1-15(2)20(23-25-21(26-28-23)17-10-4-3-5-11-17)24-22(27)19-14-8-12-16-9-6-7-13-18(16)19/h3-15,20H,1-2H3,(H,24,27)/t20-/m1/s1. The van der Waals surface area contributed by atoms with Crippen LogP contribution in [0.2, 0.25) is 0 Å². The van der Waals surface area contributed by atoms with Gasteiger partial charge in [-0.2, -0.15) is 4.98 Å². The van der Waals surface area contributed by atoms with Crippen LogP contribution in [0.15, 0.2) is 77.3 Å². The van der Waals surface area contributed by atoms with Gasteiger partial charge in [0.2, 0.25) is 11.7 Å². The summed E-state index contributed by atoms with van der Waals surface area (Å²) in [6.07, 6.45) is 0. The Bertz CT molecular complexity index is 1100. The van der Waals surface area contributed by atoms with Gasteiger partial charge in [-0.05, 0) is 22.8 Å². The zero-order chi connectivity index (χ0) is 19.5. The molecular weight excluding hydrogens is 350 g/mol. The third kappa shape index (κ3) is 3.51. The van der Waals surface area contributed by atoms with Crippen molar-refractivity contribution in [3.8, 4) is 11.4 Å². The highest BCUT2D eigenvalue weighted by molar-refractivity contribution is 6.07. The molecule has 3 aromatic carbocycles. The van der Waals surface area contributed by atoms with E-state index in [1.165, 1.54) is 0 Å². The van der Waals surface area contributed by atoms with Crippen molar-refractivity contribution < 1.29 is 9.32 Å². The first-order chi connectivity index (χ1) is 13.6. The maximum absolute atomic E-state index is 13.0. The van der Waals surface area contributed by atoms with Crippen molar-refractivity contribution in [3.63, 3.8) is 0 Å². The Morgan fingerprint density at radius 3 is 2.43 bits per heavy atom. The van der Waals surface area contributed by atoms with E-state index in [2.05, 4.69) is 15.5 Å². The van der Waals surface area contributed by atoms with Gasteiger partial charge in [-0.15, -0.1) is 0 Å². The molecule has 0 aliphatic rings. The van der Waals surface area contributed by atoms with Gasteiger partial charge in [0.25, 0.3) is 5.91 Å². The second-order valence-corrected chi connectivity index (χ2v) is 7.04. The molecule has 0 radical (unpaired) electrons. The first-order valence-corrected chi connectivity index (χ1v) is 9.31. The summed E-state index contributed by atoms with van der Waals surface area (Å²) in [6.45, 7) is 4.03. The van der Waals surface area contributed by atoms with Gasteiger partial charge in [-0.3, -0.25) is 4.79 Å². The zero-order valence-corrected chi connectivity index (χ0v) is 15.8. The molecule has 0 saturated heterocycles. The van der Waals surface area contributed by atoms with E-state index < -0.39 is 0 Å². The Morgan fingerprint density at radius 2 is 1.64 bits per heavy atom. The van der Waals surface area contributed by atoms with E-state index in [4.69, 9.17) is 4.52 Å². The molecule has 0 saturated carbocycles. The summed E-state index contributed by atoms with van der Waals surface area (Å²) in [5.41, 5.74) is 1.51. The lowest BCUT2D eigenvalue weighted by atomic mass is 10.0. The van der Waals surface area contributed by atoms with E-state index in [1.54, 1.807) is 0 Å². The highest BCUT2D eigenvalue weighted by atomic mass is 16.5. The number of aromatic nitrogens is 2. The number of hydrogen-bond donors (Lipinski definition) is 1. The summed E-state index contributed by atoms with van der Waals surface area (Å²) in [6, 6.07) is 22.8. The van der Waals surface area contributed by atoms with Crippen LogP contribution in [0, 0.1) is 5.92 Å². The van der Waals surface area contributed by atoms with E-state index in [9.17, 15) is 4.79 Å². The number of carbonyl (C=O) groups is 1. The molecule has 0 spiro atoms. The average molecular weight is 371 g/mol. The maximum atomic E-state index is 13.0. The lowest BCUT2D eigenvalue weighted by molar-refractivity contribution is 0.0915. The number of nitrogens with one attached hydrogen (secondary N) is 1. The maximum Gasteiger partial charge on any atom is 0.252 e. The van der Waals surface area contributed by atoms with Gasteiger partial charge in [-0.25, -0.2) is 0 Å². The van der Waals surface area contributed by atoms with Gasteiger partial charge in [0.15, 0.2) is 0 Å². The molecule has 140 valence electrons. The molecule has 1 aromatic heterocycles. The van der Waals surface area contributed by atoms with Gasteiger partial charge in [0.1, 0.15) is 6.04 Å². The SMILES string of the molecule is CC(C)[C@@H](NC(=O)c1cccc2ccccc12)c1nc(-c2ccccc2)no1. The highest BCUT2D eigenvalue weighted by Crippen LogP contribution is 2.25. The topological polar surface area (TPSA) is 68.0 Å². The van der Waals surface area contributed by atoms with Crippen LogP contribution in [-0.4, -0.2) is 16.0 Å². The van der Waals surface area contributed by atoms with Crippen molar-refractivity contribution in [1.82, 2.24) is 15.5 Å². The van der Waals surface area contributed by atoms with Crippen LogP contribution in [-0.2, 0) is 0 Å². The fraction of sp³-hybridized carbons (Fsp3) is 0.174. The fourth-order valence-electron chi connectivity index (χ4n) is 3.22. The highest BCUT2D eigenvalue weighted by Gasteiger charge is 2.26. The molecule has 1 amide bonds. The van der Waals surface area contributed by atoms with Crippen molar-refractivity contribution in [2.75, 3.05) is 0 Å². The summed E-state index contributed by atoms with van der Waals surface area (Å²) in [4.78, 5) is 17.5. The van der Waals surface area contributed by atoms with Crippen LogP contribution in [0.1, 0.15) is 36.1 Å². The summed E-state index contributed by atoms with van der Waals surface area (Å²) in [5.74, 6) is 0.848. The van der Waals surface area contributed by atoms with Gasteiger partial charge >= 0.3 is 0 Å². The Kier molecular flexibility index (Phi) is 4.89. The van der Waals surface area contributed by atoms with Crippen LogP contribution in [0.25, 0.3) is 22.2 Å². The molecule has 4 rings (SSSR count). The molecule has 0 aliphatic carbocycles. The molecule has 1 heterocycles. The van der Waals surface area contributed by atoms with E-state index in [0.717, 1.165) is 16.3 Å². The third-order valence-electron chi connectivity index (χ3n) is 4.73. The zero-order valence-electron chi connectivity index (χ0n) is 15.8. The predicted octanol–water partition coefficient (Wildman–Crippen LogP) is 5.02. The lowest BCUT2D eigenvalue weighted by Crippen LogP contribution is -2.32. The van der Waals surface area contributed by atoms with Crippen LogP contribution in [0.4, 0.5) is 0 Å². The minimum atomic E-state index is -0.378. The first-order valence-electron chi connectivity index (χ1n) is 9.31. The van der Waals surface area contributed by atoms with Gasteiger partial charge in [0.05, 0.1) is 0 Å². The largest absolute Gasteiger partial charge is 0.340 e. The lowest BCUT2D eigenvalue weighted by Gasteiger charge is -2.19. The molecule has 1 atom stereocenters. The second kappa shape index (κ2) is 7.64. The van der Waals surface area contributed by atoms with E-state index in [0.29, 0.717) is 17.3 Å².